The molecule has 0 saturated heterocycles. The summed E-state index contributed by atoms with van der Waals surface area (Å²) in [7, 11) is 0. The van der Waals surface area contributed by atoms with Crippen molar-refractivity contribution in [3.63, 3.8) is 0 Å². The molecule has 1 N–H and O–H groups in total. The summed E-state index contributed by atoms with van der Waals surface area (Å²) < 4.78 is 3.73. The maximum absolute atomic E-state index is 6.09. The van der Waals surface area contributed by atoms with Crippen molar-refractivity contribution in [3.8, 4) is 5.69 Å². The molecular formula is C14H12ClN5S. The zero-order valence-corrected chi connectivity index (χ0v) is 12.6. The third-order valence-corrected chi connectivity index (χ3v) is 3.65. The summed E-state index contributed by atoms with van der Waals surface area (Å²) >= 11 is 11.5. The Bertz CT molecular complexity index is 796. The van der Waals surface area contributed by atoms with E-state index in [-0.39, 0.29) is 0 Å². The molecule has 1 heterocycles. The third-order valence-electron chi connectivity index (χ3n) is 2.93. The number of hydrogen-bond acceptors (Lipinski definition) is 4. The highest BCUT2D eigenvalue weighted by Crippen LogP contribution is 2.20. The molecule has 1 aromatic heterocycles. The highest BCUT2D eigenvalue weighted by molar-refractivity contribution is 7.71. The molecule has 0 saturated carbocycles. The summed E-state index contributed by atoms with van der Waals surface area (Å²) in [6.07, 6.45) is 0. The van der Waals surface area contributed by atoms with Crippen LogP contribution in [0.2, 0.25) is 5.02 Å². The second-order valence-electron chi connectivity index (χ2n) is 4.32. The standard InChI is InChI=1S/C14H12ClN5S/c15-12-8-4-5-9-13(12)16-10-19-14(21)20(18-17-19)11-6-2-1-3-7-11/h1-9,16H,10H2. The number of benzene rings is 2. The molecule has 0 radical (unpaired) electrons. The first-order valence-corrected chi connectivity index (χ1v) is 7.11. The van der Waals surface area contributed by atoms with Crippen LogP contribution in [0.3, 0.4) is 0 Å². The highest BCUT2D eigenvalue weighted by atomic mass is 35.5. The molecule has 3 rings (SSSR count). The van der Waals surface area contributed by atoms with Gasteiger partial charge in [-0.15, -0.1) is 0 Å². The predicted molar refractivity (Wildman–Crippen MR) is 85.3 cm³/mol. The molecule has 5 nitrogen and oxygen atoms in total. The first-order valence-electron chi connectivity index (χ1n) is 6.32. The van der Waals surface area contributed by atoms with E-state index in [4.69, 9.17) is 23.8 Å². The fraction of sp³-hybridized carbons (Fsp3) is 0.0714. The molecule has 7 heteroatoms. The number of rotatable bonds is 4. The molecule has 0 bridgehead atoms. The minimum absolute atomic E-state index is 0.398. The Labute approximate surface area is 131 Å². The van der Waals surface area contributed by atoms with Crippen molar-refractivity contribution in [2.24, 2.45) is 0 Å². The number of nitrogens with one attached hydrogen (secondary N) is 1. The van der Waals surface area contributed by atoms with E-state index in [0.29, 0.717) is 16.5 Å². The molecule has 0 aliphatic rings. The van der Waals surface area contributed by atoms with Gasteiger partial charge in [-0.1, -0.05) is 41.9 Å². The van der Waals surface area contributed by atoms with Crippen molar-refractivity contribution >= 4 is 29.5 Å². The molecule has 0 amide bonds. The highest BCUT2D eigenvalue weighted by Gasteiger charge is 2.05. The van der Waals surface area contributed by atoms with Crippen molar-refractivity contribution in [2.75, 3.05) is 5.32 Å². The van der Waals surface area contributed by atoms with Gasteiger partial charge in [0.05, 0.1) is 16.4 Å². The Morgan fingerprint density at radius 1 is 1.00 bits per heavy atom. The Morgan fingerprint density at radius 2 is 1.71 bits per heavy atom. The molecule has 0 spiro atoms. The Hall–Kier alpha value is -2.18. The van der Waals surface area contributed by atoms with Crippen LogP contribution in [0.25, 0.3) is 5.69 Å². The molecular weight excluding hydrogens is 306 g/mol. The summed E-state index contributed by atoms with van der Waals surface area (Å²) in [5.41, 5.74) is 1.71. The van der Waals surface area contributed by atoms with Gasteiger partial charge in [0.15, 0.2) is 0 Å². The SMILES string of the molecule is S=c1n(CNc2ccccc2Cl)nnn1-c1ccccc1. The van der Waals surface area contributed by atoms with E-state index in [9.17, 15) is 0 Å². The maximum Gasteiger partial charge on any atom is 0.222 e. The lowest BCUT2D eigenvalue weighted by Crippen LogP contribution is -2.10. The summed E-state index contributed by atoms with van der Waals surface area (Å²) in [5.74, 6) is 0. The van der Waals surface area contributed by atoms with Crippen LogP contribution in [-0.2, 0) is 6.67 Å². The van der Waals surface area contributed by atoms with E-state index in [1.165, 1.54) is 0 Å². The second kappa shape index (κ2) is 6.07. The lowest BCUT2D eigenvalue weighted by molar-refractivity contribution is 0.628. The van der Waals surface area contributed by atoms with Gasteiger partial charge in [-0.3, -0.25) is 0 Å². The van der Waals surface area contributed by atoms with Gasteiger partial charge < -0.3 is 5.32 Å². The van der Waals surface area contributed by atoms with Crippen LogP contribution in [0.4, 0.5) is 5.69 Å². The number of nitrogens with zero attached hydrogens (tertiary/aromatic N) is 4. The first-order chi connectivity index (χ1) is 10.3. The van der Waals surface area contributed by atoms with Gasteiger partial charge in [-0.25, -0.2) is 0 Å². The Kier molecular flexibility index (Phi) is 3.98. The largest absolute Gasteiger partial charge is 0.365 e. The number of tetrazole rings is 1. The van der Waals surface area contributed by atoms with Crippen LogP contribution >= 0.6 is 23.8 Å². The number of aromatic nitrogens is 4. The Morgan fingerprint density at radius 3 is 2.48 bits per heavy atom. The molecule has 0 aliphatic heterocycles. The van der Waals surface area contributed by atoms with Gasteiger partial charge in [0.25, 0.3) is 0 Å². The molecule has 2 aromatic carbocycles. The van der Waals surface area contributed by atoms with Crippen LogP contribution in [-0.4, -0.2) is 19.8 Å². The lowest BCUT2D eigenvalue weighted by Gasteiger charge is -2.07. The summed E-state index contributed by atoms with van der Waals surface area (Å²) in [6.45, 7) is 0.398. The number of anilines is 1. The quantitative estimate of drug-likeness (QED) is 0.748. The Balaban J connectivity index is 1.81. The topological polar surface area (TPSA) is 47.7 Å². The van der Waals surface area contributed by atoms with Gasteiger partial charge in [0.2, 0.25) is 4.77 Å². The summed E-state index contributed by atoms with van der Waals surface area (Å²) in [4.78, 5) is 0. The van der Waals surface area contributed by atoms with Crippen molar-refractivity contribution in [3.05, 3.63) is 64.4 Å². The van der Waals surface area contributed by atoms with E-state index >= 15 is 0 Å². The maximum atomic E-state index is 6.09. The van der Waals surface area contributed by atoms with Crippen LogP contribution < -0.4 is 5.32 Å². The van der Waals surface area contributed by atoms with Gasteiger partial charge in [0.1, 0.15) is 6.67 Å². The molecule has 3 aromatic rings. The lowest BCUT2D eigenvalue weighted by atomic mass is 10.3. The van der Waals surface area contributed by atoms with Gasteiger partial charge in [0, 0.05) is 0 Å². The normalized spacial score (nSPS) is 10.5. The fourth-order valence-electron chi connectivity index (χ4n) is 1.87. The average Bonchev–Trinajstić information content (AvgIpc) is 2.88. The minimum Gasteiger partial charge on any atom is -0.365 e. The van der Waals surface area contributed by atoms with E-state index in [0.717, 1.165) is 11.4 Å². The fourth-order valence-corrected chi connectivity index (χ4v) is 2.31. The predicted octanol–water partition coefficient (Wildman–Crippen LogP) is 3.52. The number of hydrogen-bond donors (Lipinski definition) is 1. The minimum atomic E-state index is 0.398. The average molecular weight is 318 g/mol. The summed E-state index contributed by atoms with van der Waals surface area (Å²) in [5, 5.41) is 12.0. The zero-order chi connectivity index (χ0) is 14.7. The molecule has 106 valence electrons. The molecule has 0 aliphatic carbocycles. The second-order valence-corrected chi connectivity index (χ2v) is 5.10. The van der Waals surface area contributed by atoms with Crippen LogP contribution in [0.15, 0.2) is 54.6 Å². The van der Waals surface area contributed by atoms with Gasteiger partial charge >= 0.3 is 0 Å². The monoisotopic (exact) mass is 317 g/mol. The zero-order valence-electron chi connectivity index (χ0n) is 11.0. The van der Waals surface area contributed by atoms with E-state index in [1.807, 2.05) is 54.6 Å². The van der Waals surface area contributed by atoms with Crippen molar-refractivity contribution in [1.82, 2.24) is 19.8 Å². The molecule has 21 heavy (non-hydrogen) atoms. The third kappa shape index (κ3) is 2.96. The van der Waals surface area contributed by atoms with E-state index in [2.05, 4.69) is 15.7 Å². The van der Waals surface area contributed by atoms with E-state index in [1.54, 1.807) is 9.36 Å². The molecule has 0 fully saturated rings. The smallest absolute Gasteiger partial charge is 0.222 e. The van der Waals surface area contributed by atoms with Crippen LogP contribution in [0.5, 0.6) is 0 Å². The summed E-state index contributed by atoms with van der Waals surface area (Å²) in [6, 6.07) is 17.2. The number of halogens is 1. The van der Waals surface area contributed by atoms with Crippen LogP contribution in [0.1, 0.15) is 0 Å². The van der Waals surface area contributed by atoms with Crippen LogP contribution in [0, 0.1) is 4.77 Å². The molecule has 0 unspecified atom stereocenters. The van der Waals surface area contributed by atoms with Crippen molar-refractivity contribution < 1.29 is 0 Å². The van der Waals surface area contributed by atoms with Crippen molar-refractivity contribution in [1.29, 1.82) is 0 Å². The first kappa shape index (κ1) is 13.8. The van der Waals surface area contributed by atoms with Gasteiger partial charge in [-0.05, 0) is 46.9 Å². The van der Waals surface area contributed by atoms with Crippen molar-refractivity contribution in [2.45, 2.75) is 6.67 Å². The van der Waals surface area contributed by atoms with Gasteiger partial charge in [-0.2, -0.15) is 9.36 Å². The molecule has 0 atom stereocenters. The number of para-hydroxylation sites is 2. The van der Waals surface area contributed by atoms with E-state index < -0.39 is 0 Å².